The number of methoxy groups -OCH3 is 1. The van der Waals surface area contributed by atoms with Crippen LogP contribution in [0.25, 0.3) is 0 Å². The van der Waals surface area contributed by atoms with Gasteiger partial charge in [-0.1, -0.05) is 0 Å². The van der Waals surface area contributed by atoms with Gasteiger partial charge < -0.3 is 19.5 Å². The van der Waals surface area contributed by atoms with Crippen molar-refractivity contribution >= 4 is 17.3 Å². The molecule has 0 saturated heterocycles. The van der Waals surface area contributed by atoms with Gasteiger partial charge in [-0.3, -0.25) is 14.9 Å². The van der Waals surface area contributed by atoms with Gasteiger partial charge in [0.1, 0.15) is 17.2 Å². The van der Waals surface area contributed by atoms with Crippen LogP contribution in [0, 0.1) is 10.1 Å². The molecule has 0 aromatic heterocycles. The van der Waals surface area contributed by atoms with E-state index in [1.165, 1.54) is 25.3 Å². The maximum Gasteiger partial charge on any atom is 0.271 e. The Morgan fingerprint density at radius 2 is 1.85 bits per heavy atom. The number of hydrogen-bond donors (Lipinski definition) is 1. The Morgan fingerprint density at radius 1 is 1.19 bits per heavy atom. The van der Waals surface area contributed by atoms with Crippen molar-refractivity contribution in [2.45, 2.75) is 20.0 Å². The van der Waals surface area contributed by atoms with Gasteiger partial charge >= 0.3 is 0 Å². The summed E-state index contributed by atoms with van der Waals surface area (Å²) in [7, 11) is 1.41. The quantitative estimate of drug-likeness (QED) is 0.572. The lowest BCUT2D eigenvalue weighted by Crippen LogP contribution is -2.30. The number of nitrogens with zero attached hydrogens (tertiary/aromatic N) is 1. The number of nitro benzene ring substituents is 1. The average Bonchev–Trinajstić information content (AvgIpc) is 2.63. The highest BCUT2D eigenvalue weighted by molar-refractivity contribution is 5.95. The second-order valence-electron chi connectivity index (χ2n) is 5.30. The lowest BCUT2D eigenvalue weighted by atomic mass is 10.2. The fourth-order valence-corrected chi connectivity index (χ4v) is 2.18. The number of non-ortho nitro benzene ring substituents is 1. The van der Waals surface area contributed by atoms with E-state index in [9.17, 15) is 14.9 Å². The molecule has 8 nitrogen and oxygen atoms in total. The molecule has 2 rings (SSSR count). The van der Waals surface area contributed by atoms with Crippen molar-refractivity contribution in [2.24, 2.45) is 0 Å². The predicted octanol–water partition coefficient (Wildman–Crippen LogP) is 3.41. The Labute approximate surface area is 150 Å². The van der Waals surface area contributed by atoms with Crippen LogP contribution in [0.3, 0.4) is 0 Å². The molecule has 1 atom stereocenters. The van der Waals surface area contributed by atoms with Gasteiger partial charge in [0.2, 0.25) is 0 Å². The number of ether oxygens (including phenoxy) is 3. The minimum Gasteiger partial charge on any atom is -0.495 e. The van der Waals surface area contributed by atoms with E-state index in [0.29, 0.717) is 23.9 Å². The summed E-state index contributed by atoms with van der Waals surface area (Å²) in [6.45, 7) is 4.03. The van der Waals surface area contributed by atoms with Crippen molar-refractivity contribution < 1.29 is 23.9 Å². The van der Waals surface area contributed by atoms with Gasteiger partial charge in [-0.2, -0.15) is 0 Å². The summed E-state index contributed by atoms with van der Waals surface area (Å²) in [5.41, 5.74) is 0.0510. The number of carbonyl (C=O) groups excluding carboxylic acids is 1. The maximum atomic E-state index is 12.3. The summed E-state index contributed by atoms with van der Waals surface area (Å²) < 4.78 is 16.1. The molecular formula is C18H20N2O6. The summed E-state index contributed by atoms with van der Waals surface area (Å²) in [6.07, 6.45) is -0.822. The predicted molar refractivity (Wildman–Crippen MR) is 96.0 cm³/mol. The molecular weight excluding hydrogens is 340 g/mol. The number of nitrogens with one attached hydrogen (secondary N) is 1. The highest BCUT2D eigenvalue weighted by Crippen LogP contribution is 2.29. The second-order valence-corrected chi connectivity index (χ2v) is 5.30. The van der Waals surface area contributed by atoms with Gasteiger partial charge in [0.15, 0.2) is 6.10 Å². The zero-order valence-electron chi connectivity index (χ0n) is 14.7. The molecule has 1 N–H and O–H groups in total. The van der Waals surface area contributed by atoms with Gasteiger partial charge in [0.05, 0.1) is 24.3 Å². The maximum absolute atomic E-state index is 12.3. The Kier molecular flexibility index (Phi) is 6.37. The van der Waals surface area contributed by atoms with Crippen molar-refractivity contribution in [1.82, 2.24) is 0 Å². The molecule has 1 amide bonds. The van der Waals surface area contributed by atoms with Crippen LogP contribution in [0.5, 0.6) is 17.2 Å². The SMILES string of the molecule is CCOc1ccc(OC(C)C(=O)Nc2cc([N+](=O)[O-])ccc2OC)cc1. The summed E-state index contributed by atoms with van der Waals surface area (Å²) in [5.74, 6) is 1.07. The zero-order valence-corrected chi connectivity index (χ0v) is 14.7. The normalized spacial score (nSPS) is 11.3. The zero-order chi connectivity index (χ0) is 19.1. The molecule has 138 valence electrons. The number of carbonyl (C=O) groups is 1. The first-order valence-electron chi connectivity index (χ1n) is 7.97. The molecule has 0 heterocycles. The molecule has 0 fully saturated rings. The summed E-state index contributed by atoms with van der Waals surface area (Å²) in [4.78, 5) is 22.7. The van der Waals surface area contributed by atoms with E-state index in [1.807, 2.05) is 6.92 Å². The smallest absolute Gasteiger partial charge is 0.271 e. The third kappa shape index (κ3) is 4.85. The highest BCUT2D eigenvalue weighted by atomic mass is 16.6. The Hall–Kier alpha value is -3.29. The van der Waals surface area contributed by atoms with Crippen LogP contribution < -0.4 is 19.5 Å². The van der Waals surface area contributed by atoms with E-state index in [2.05, 4.69) is 5.32 Å². The molecule has 2 aromatic rings. The number of rotatable bonds is 8. The van der Waals surface area contributed by atoms with Crippen molar-refractivity contribution in [3.63, 3.8) is 0 Å². The van der Waals surface area contributed by atoms with E-state index in [4.69, 9.17) is 14.2 Å². The molecule has 0 aliphatic rings. The fraction of sp³-hybridized carbons (Fsp3) is 0.278. The minimum atomic E-state index is -0.822. The van der Waals surface area contributed by atoms with E-state index < -0.39 is 16.9 Å². The van der Waals surface area contributed by atoms with Crippen molar-refractivity contribution in [2.75, 3.05) is 19.0 Å². The number of hydrogen-bond acceptors (Lipinski definition) is 6. The first-order chi connectivity index (χ1) is 12.4. The van der Waals surface area contributed by atoms with Gasteiger partial charge in [-0.15, -0.1) is 0 Å². The Balaban J connectivity index is 2.06. The summed E-state index contributed by atoms with van der Waals surface area (Å²) >= 11 is 0. The topological polar surface area (TPSA) is 99.9 Å². The average molecular weight is 360 g/mol. The van der Waals surface area contributed by atoms with Crippen LogP contribution >= 0.6 is 0 Å². The lowest BCUT2D eigenvalue weighted by molar-refractivity contribution is -0.384. The van der Waals surface area contributed by atoms with Crippen LogP contribution in [0.15, 0.2) is 42.5 Å². The molecule has 0 saturated carbocycles. The fourth-order valence-electron chi connectivity index (χ4n) is 2.18. The van der Waals surface area contributed by atoms with Crippen LogP contribution in [-0.2, 0) is 4.79 Å². The van der Waals surface area contributed by atoms with Crippen LogP contribution in [-0.4, -0.2) is 30.7 Å². The first-order valence-corrected chi connectivity index (χ1v) is 7.97. The summed E-state index contributed by atoms with van der Waals surface area (Å²) in [5, 5.41) is 13.5. The van der Waals surface area contributed by atoms with Crippen molar-refractivity contribution in [3.05, 3.63) is 52.6 Å². The largest absolute Gasteiger partial charge is 0.495 e. The molecule has 1 unspecified atom stereocenters. The molecule has 2 aromatic carbocycles. The Bertz CT molecular complexity index is 776. The van der Waals surface area contributed by atoms with E-state index in [0.717, 1.165) is 0 Å². The molecule has 0 aliphatic carbocycles. The Morgan fingerprint density at radius 3 is 2.42 bits per heavy atom. The standard InChI is InChI=1S/C18H20N2O6/c1-4-25-14-6-8-15(9-7-14)26-12(2)18(21)19-16-11-13(20(22)23)5-10-17(16)24-3/h5-12H,4H2,1-3H3,(H,19,21). The molecule has 0 spiro atoms. The van der Waals surface area contributed by atoms with Crippen molar-refractivity contribution in [3.8, 4) is 17.2 Å². The molecule has 0 radical (unpaired) electrons. The number of benzene rings is 2. The second kappa shape index (κ2) is 8.70. The van der Waals surface area contributed by atoms with Gasteiger partial charge in [-0.25, -0.2) is 0 Å². The van der Waals surface area contributed by atoms with E-state index >= 15 is 0 Å². The third-order valence-electron chi connectivity index (χ3n) is 3.47. The molecule has 0 bridgehead atoms. The van der Waals surface area contributed by atoms with Crippen molar-refractivity contribution in [1.29, 1.82) is 0 Å². The molecule has 0 aliphatic heterocycles. The van der Waals surface area contributed by atoms with E-state index in [1.54, 1.807) is 31.2 Å². The van der Waals surface area contributed by atoms with Crippen LogP contribution in [0.4, 0.5) is 11.4 Å². The number of amides is 1. The van der Waals surface area contributed by atoms with Crippen LogP contribution in [0.1, 0.15) is 13.8 Å². The van der Waals surface area contributed by atoms with Gasteiger partial charge in [0.25, 0.3) is 11.6 Å². The minimum absolute atomic E-state index is 0.152. The number of anilines is 1. The van der Waals surface area contributed by atoms with Crippen LogP contribution in [0.2, 0.25) is 0 Å². The van der Waals surface area contributed by atoms with Gasteiger partial charge in [-0.05, 0) is 44.2 Å². The highest BCUT2D eigenvalue weighted by Gasteiger charge is 2.19. The van der Waals surface area contributed by atoms with Gasteiger partial charge in [0, 0.05) is 12.1 Å². The first kappa shape index (κ1) is 19.0. The third-order valence-corrected chi connectivity index (χ3v) is 3.47. The molecule has 26 heavy (non-hydrogen) atoms. The van der Waals surface area contributed by atoms with E-state index in [-0.39, 0.29) is 11.4 Å². The number of nitro groups is 1. The monoisotopic (exact) mass is 360 g/mol. The lowest BCUT2D eigenvalue weighted by Gasteiger charge is -2.16. The summed E-state index contributed by atoms with van der Waals surface area (Å²) in [6, 6.07) is 10.8. The molecule has 8 heteroatoms.